The van der Waals surface area contributed by atoms with Crippen molar-refractivity contribution in [1.29, 1.82) is 5.26 Å². The Labute approximate surface area is 217 Å². The molecule has 182 valence electrons. The average Bonchev–Trinajstić information content (AvgIpc) is 2.88. The van der Waals surface area contributed by atoms with Gasteiger partial charge in [-0.15, -0.1) is 0 Å². The van der Waals surface area contributed by atoms with Crippen molar-refractivity contribution in [2.24, 2.45) is 0 Å². The molecule has 0 heterocycles. The van der Waals surface area contributed by atoms with Gasteiger partial charge in [-0.2, -0.15) is 5.26 Å². The summed E-state index contributed by atoms with van der Waals surface area (Å²) < 4.78 is 5.99. The Morgan fingerprint density at radius 1 is 0.946 bits per heavy atom. The Morgan fingerprint density at radius 2 is 1.68 bits per heavy atom. The van der Waals surface area contributed by atoms with E-state index in [2.05, 4.69) is 21.2 Å². The number of nitrogens with zero attached hydrogens (tertiary/aromatic N) is 3. The Kier molecular flexibility index (Phi) is 7.22. The number of carbonyl (C=O) groups excluding carboxylic acids is 1. The molecule has 0 fully saturated rings. The summed E-state index contributed by atoms with van der Waals surface area (Å²) in [4.78, 5) is 33.6. The van der Waals surface area contributed by atoms with Crippen LogP contribution in [0.1, 0.15) is 5.56 Å². The molecule has 1 N–H and O–H groups in total. The maximum atomic E-state index is 12.8. The molecule has 0 aliphatic carbocycles. The maximum Gasteiger partial charge on any atom is 0.318 e. The number of carbonyl (C=O) groups is 1. The third kappa shape index (κ3) is 5.61. The fourth-order valence-electron chi connectivity index (χ4n) is 3.50. The van der Waals surface area contributed by atoms with Gasteiger partial charge in [0.2, 0.25) is 5.75 Å². The minimum absolute atomic E-state index is 0.139. The van der Waals surface area contributed by atoms with Gasteiger partial charge in [-0.1, -0.05) is 42.5 Å². The Bertz CT molecular complexity index is 1640. The Hall–Kier alpha value is -5.08. The molecule has 0 saturated heterocycles. The fraction of sp³-hybridized carbons (Fsp3) is 0. The lowest BCUT2D eigenvalue weighted by atomic mass is 10.1. The lowest BCUT2D eigenvalue weighted by Crippen LogP contribution is -2.13. The van der Waals surface area contributed by atoms with Gasteiger partial charge in [-0.3, -0.25) is 25.0 Å². The second-order valence-electron chi connectivity index (χ2n) is 7.61. The summed E-state index contributed by atoms with van der Waals surface area (Å²) in [5.74, 6) is -0.587. The predicted octanol–water partition coefficient (Wildman–Crippen LogP) is 6.76. The van der Waals surface area contributed by atoms with E-state index in [0.29, 0.717) is 15.7 Å². The standard InChI is InChI=1S/C26H15BrN4O6/c27-21-13-16(8-10-24(21)37-25-11-9-19(30(33)34)14-23(25)31(35)36)12-18(15-28)26(32)29-22-7-3-5-17-4-1-2-6-20(17)22/h1-14H,(H,29,32)/b18-12+. The first-order chi connectivity index (χ1) is 17.8. The van der Waals surface area contributed by atoms with Gasteiger partial charge in [-0.25, -0.2) is 0 Å². The van der Waals surface area contributed by atoms with Gasteiger partial charge in [0.05, 0.1) is 20.4 Å². The summed E-state index contributed by atoms with van der Waals surface area (Å²) in [6, 6.07) is 22.5. The Balaban J connectivity index is 1.57. The molecule has 0 aliphatic heterocycles. The number of rotatable bonds is 7. The number of fused-ring (bicyclic) bond motifs is 1. The smallest absolute Gasteiger partial charge is 0.318 e. The van der Waals surface area contributed by atoms with Crippen molar-refractivity contribution in [1.82, 2.24) is 0 Å². The van der Waals surface area contributed by atoms with E-state index in [0.717, 1.165) is 29.0 Å². The number of non-ortho nitro benzene ring substituents is 1. The highest BCUT2D eigenvalue weighted by Crippen LogP contribution is 2.37. The zero-order valence-corrected chi connectivity index (χ0v) is 20.3. The molecule has 0 atom stereocenters. The van der Waals surface area contributed by atoms with Crippen molar-refractivity contribution in [3.8, 4) is 17.6 Å². The van der Waals surface area contributed by atoms with E-state index in [1.165, 1.54) is 12.1 Å². The number of ether oxygens (including phenoxy) is 1. The van der Waals surface area contributed by atoms with Crippen LogP contribution >= 0.6 is 15.9 Å². The summed E-state index contributed by atoms with van der Waals surface area (Å²) in [5, 5.41) is 36.4. The number of amides is 1. The van der Waals surface area contributed by atoms with Gasteiger partial charge >= 0.3 is 5.69 Å². The molecule has 4 aromatic rings. The van der Waals surface area contributed by atoms with Crippen LogP contribution in [0.2, 0.25) is 0 Å². The number of benzene rings is 4. The number of nitrogens with one attached hydrogen (secondary N) is 1. The molecule has 0 spiro atoms. The molecule has 0 saturated carbocycles. The molecule has 0 bridgehead atoms. The van der Waals surface area contributed by atoms with E-state index >= 15 is 0 Å². The van der Waals surface area contributed by atoms with E-state index < -0.39 is 27.1 Å². The molecule has 0 unspecified atom stereocenters. The van der Waals surface area contributed by atoms with Crippen LogP contribution in [-0.4, -0.2) is 15.8 Å². The molecule has 11 heteroatoms. The minimum Gasteiger partial charge on any atom is -0.449 e. The summed E-state index contributed by atoms with van der Waals surface area (Å²) in [6.07, 6.45) is 1.39. The quantitative estimate of drug-likeness (QED) is 0.114. The zero-order chi connectivity index (χ0) is 26.5. The van der Waals surface area contributed by atoms with E-state index in [1.54, 1.807) is 24.3 Å². The fourth-order valence-corrected chi connectivity index (χ4v) is 3.97. The molecule has 4 rings (SSSR count). The Morgan fingerprint density at radius 3 is 2.38 bits per heavy atom. The van der Waals surface area contributed by atoms with Crippen LogP contribution in [0.15, 0.2) is 88.9 Å². The van der Waals surface area contributed by atoms with Gasteiger partial charge in [0.25, 0.3) is 11.6 Å². The van der Waals surface area contributed by atoms with Crippen LogP contribution in [0.25, 0.3) is 16.8 Å². The highest BCUT2D eigenvalue weighted by molar-refractivity contribution is 9.10. The van der Waals surface area contributed by atoms with E-state index in [9.17, 15) is 30.3 Å². The molecule has 1 amide bonds. The average molecular weight is 559 g/mol. The third-order valence-corrected chi connectivity index (χ3v) is 5.86. The second-order valence-corrected chi connectivity index (χ2v) is 8.46. The third-order valence-electron chi connectivity index (χ3n) is 5.24. The molecule has 0 aromatic heterocycles. The minimum atomic E-state index is -0.777. The van der Waals surface area contributed by atoms with Crippen molar-refractivity contribution < 1.29 is 19.4 Å². The number of nitriles is 1. The highest BCUT2D eigenvalue weighted by Gasteiger charge is 2.22. The van der Waals surface area contributed by atoms with Crippen LogP contribution < -0.4 is 10.1 Å². The zero-order valence-electron chi connectivity index (χ0n) is 18.8. The van der Waals surface area contributed by atoms with Gasteiger partial charge < -0.3 is 10.1 Å². The van der Waals surface area contributed by atoms with Crippen molar-refractivity contribution in [3.05, 3.63) is 115 Å². The first kappa shape index (κ1) is 25.0. The summed E-state index contributed by atoms with van der Waals surface area (Å²) >= 11 is 3.32. The summed E-state index contributed by atoms with van der Waals surface area (Å²) in [5.41, 5.74) is -0.0909. The second kappa shape index (κ2) is 10.7. The molecule has 10 nitrogen and oxygen atoms in total. The van der Waals surface area contributed by atoms with Gasteiger partial charge in [0, 0.05) is 17.1 Å². The van der Waals surface area contributed by atoms with E-state index in [4.69, 9.17) is 4.74 Å². The SMILES string of the molecule is N#C/C(=C\c1ccc(Oc2ccc([N+](=O)[O-])cc2[N+](=O)[O-])c(Br)c1)C(=O)Nc1cccc2ccccc12. The monoisotopic (exact) mass is 558 g/mol. The predicted molar refractivity (Wildman–Crippen MR) is 140 cm³/mol. The van der Waals surface area contributed by atoms with Gasteiger partial charge in [-0.05, 0) is 57.2 Å². The van der Waals surface area contributed by atoms with Crippen molar-refractivity contribution in [2.75, 3.05) is 5.32 Å². The van der Waals surface area contributed by atoms with Gasteiger partial charge in [0.15, 0.2) is 0 Å². The summed E-state index contributed by atoms with van der Waals surface area (Å²) in [7, 11) is 0. The molecule has 0 radical (unpaired) electrons. The number of nitro benzene ring substituents is 2. The largest absolute Gasteiger partial charge is 0.449 e. The van der Waals surface area contributed by atoms with Crippen molar-refractivity contribution in [2.45, 2.75) is 0 Å². The lowest BCUT2D eigenvalue weighted by Gasteiger charge is -2.10. The first-order valence-electron chi connectivity index (χ1n) is 10.6. The summed E-state index contributed by atoms with van der Waals surface area (Å²) in [6.45, 7) is 0. The van der Waals surface area contributed by atoms with Gasteiger partial charge in [0.1, 0.15) is 17.4 Å². The van der Waals surface area contributed by atoms with Crippen LogP contribution in [0.4, 0.5) is 17.1 Å². The number of anilines is 1. The molecular formula is C26H15BrN4O6. The topological polar surface area (TPSA) is 148 Å². The number of hydrogen-bond acceptors (Lipinski definition) is 7. The highest BCUT2D eigenvalue weighted by atomic mass is 79.9. The first-order valence-corrected chi connectivity index (χ1v) is 11.4. The van der Waals surface area contributed by atoms with Crippen LogP contribution in [-0.2, 0) is 4.79 Å². The number of nitro groups is 2. The maximum absolute atomic E-state index is 12.8. The normalized spacial score (nSPS) is 11.0. The van der Waals surface area contributed by atoms with E-state index in [1.807, 2.05) is 36.4 Å². The van der Waals surface area contributed by atoms with Crippen LogP contribution in [0.3, 0.4) is 0 Å². The lowest BCUT2D eigenvalue weighted by molar-refractivity contribution is -0.394. The molecular weight excluding hydrogens is 544 g/mol. The number of hydrogen-bond donors (Lipinski definition) is 1. The van der Waals surface area contributed by atoms with Crippen molar-refractivity contribution >= 4 is 55.7 Å². The molecule has 4 aromatic carbocycles. The number of halogens is 1. The van der Waals surface area contributed by atoms with Crippen LogP contribution in [0.5, 0.6) is 11.5 Å². The van der Waals surface area contributed by atoms with Crippen LogP contribution in [0, 0.1) is 31.6 Å². The molecule has 0 aliphatic rings. The van der Waals surface area contributed by atoms with Crippen molar-refractivity contribution in [3.63, 3.8) is 0 Å². The molecule has 37 heavy (non-hydrogen) atoms. The van der Waals surface area contributed by atoms with E-state index in [-0.39, 0.29) is 17.1 Å².